The summed E-state index contributed by atoms with van der Waals surface area (Å²) in [5.41, 5.74) is 5.31. The van der Waals surface area contributed by atoms with Gasteiger partial charge in [0, 0.05) is 18.8 Å². The summed E-state index contributed by atoms with van der Waals surface area (Å²) in [7, 11) is 0. The standard InChI is InChI=1S/C20H19N5OS2/c1-15(26)25(18-10-6-3-7-11-18)20-23-17(14-28-20)13-22-24-19(27)21-12-16-8-4-2-5-9-16/h2-11,13-14H,12H2,1H3,(H2,21,24,27)/b22-13-. The Balaban J connectivity index is 1.57. The number of para-hydroxylation sites is 1. The smallest absolute Gasteiger partial charge is 0.230 e. The van der Waals surface area contributed by atoms with Crippen LogP contribution in [0.15, 0.2) is 71.1 Å². The number of hydrogen-bond acceptors (Lipinski definition) is 5. The molecule has 6 nitrogen and oxygen atoms in total. The third-order valence-corrected chi connectivity index (χ3v) is 4.77. The number of carbonyl (C=O) groups is 1. The van der Waals surface area contributed by atoms with Gasteiger partial charge in [0.15, 0.2) is 10.2 Å². The van der Waals surface area contributed by atoms with Gasteiger partial charge in [0.1, 0.15) is 0 Å². The molecule has 3 rings (SSSR count). The van der Waals surface area contributed by atoms with Crippen molar-refractivity contribution in [2.45, 2.75) is 13.5 Å². The highest BCUT2D eigenvalue weighted by Gasteiger charge is 2.17. The first-order valence-corrected chi connectivity index (χ1v) is 9.84. The first kappa shape index (κ1) is 19.7. The van der Waals surface area contributed by atoms with Crippen LogP contribution >= 0.6 is 23.6 Å². The Morgan fingerprint density at radius 3 is 2.54 bits per heavy atom. The Morgan fingerprint density at radius 2 is 1.86 bits per heavy atom. The molecule has 2 N–H and O–H groups in total. The van der Waals surface area contributed by atoms with E-state index >= 15 is 0 Å². The van der Waals surface area contributed by atoms with Gasteiger partial charge in [0.2, 0.25) is 5.91 Å². The van der Waals surface area contributed by atoms with Crippen molar-refractivity contribution in [2.24, 2.45) is 5.10 Å². The highest BCUT2D eigenvalue weighted by Crippen LogP contribution is 2.28. The van der Waals surface area contributed by atoms with Crippen LogP contribution in [-0.2, 0) is 11.3 Å². The number of thiocarbonyl (C=S) groups is 1. The van der Waals surface area contributed by atoms with Gasteiger partial charge in [-0.2, -0.15) is 5.10 Å². The first-order chi connectivity index (χ1) is 13.6. The number of hydrogen-bond donors (Lipinski definition) is 2. The number of benzene rings is 2. The van der Waals surface area contributed by atoms with Crippen molar-refractivity contribution >= 4 is 51.6 Å². The van der Waals surface area contributed by atoms with Crippen LogP contribution in [0.2, 0.25) is 0 Å². The number of thiazole rings is 1. The number of nitrogens with zero attached hydrogens (tertiary/aromatic N) is 3. The van der Waals surface area contributed by atoms with Crippen LogP contribution < -0.4 is 15.6 Å². The molecule has 0 bridgehead atoms. The van der Waals surface area contributed by atoms with Gasteiger partial charge in [-0.25, -0.2) is 4.98 Å². The minimum absolute atomic E-state index is 0.103. The predicted molar refractivity (Wildman–Crippen MR) is 118 cm³/mol. The summed E-state index contributed by atoms with van der Waals surface area (Å²) in [4.78, 5) is 18.1. The van der Waals surface area contributed by atoms with Crippen LogP contribution in [0.4, 0.5) is 10.8 Å². The van der Waals surface area contributed by atoms with Crippen LogP contribution in [-0.4, -0.2) is 22.2 Å². The van der Waals surface area contributed by atoms with Gasteiger partial charge in [0.05, 0.1) is 17.6 Å². The molecule has 0 atom stereocenters. The lowest BCUT2D eigenvalue weighted by molar-refractivity contribution is -0.115. The molecule has 0 saturated heterocycles. The number of carbonyl (C=O) groups excluding carboxylic acids is 1. The quantitative estimate of drug-likeness (QED) is 0.368. The van der Waals surface area contributed by atoms with Gasteiger partial charge >= 0.3 is 0 Å². The number of anilines is 2. The first-order valence-electron chi connectivity index (χ1n) is 8.55. The Bertz CT molecular complexity index is 957. The molecule has 1 amide bonds. The summed E-state index contributed by atoms with van der Waals surface area (Å²) >= 11 is 6.58. The minimum atomic E-state index is -0.103. The molecular formula is C20H19N5OS2. The van der Waals surface area contributed by atoms with E-state index < -0.39 is 0 Å². The zero-order valence-corrected chi connectivity index (χ0v) is 16.8. The molecule has 28 heavy (non-hydrogen) atoms. The molecule has 0 aliphatic carbocycles. The molecule has 0 saturated carbocycles. The summed E-state index contributed by atoms with van der Waals surface area (Å²) in [6.07, 6.45) is 1.57. The van der Waals surface area contributed by atoms with E-state index in [1.165, 1.54) is 18.3 Å². The van der Waals surface area contributed by atoms with Crippen molar-refractivity contribution in [3.05, 3.63) is 77.3 Å². The van der Waals surface area contributed by atoms with E-state index in [0.717, 1.165) is 11.3 Å². The fourth-order valence-corrected chi connectivity index (χ4v) is 3.38. The lowest BCUT2D eigenvalue weighted by atomic mass is 10.2. The summed E-state index contributed by atoms with van der Waals surface area (Å²) in [5.74, 6) is -0.103. The topological polar surface area (TPSA) is 69.6 Å². The van der Waals surface area contributed by atoms with Gasteiger partial charge in [-0.1, -0.05) is 48.5 Å². The largest absolute Gasteiger partial charge is 0.357 e. The van der Waals surface area contributed by atoms with Gasteiger partial charge < -0.3 is 5.32 Å². The van der Waals surface area contributed by atoms with Crippen LogP contribution in [0.5, 0.6) is 0 Å². The maximum atomic E-state index is 12.1. The number of nitrogens with one attached hydrogen (secondary N) is 2. The second-order valence-corrected chi connectivity index (χ2v) is 7.03. The molecule has 1 aromatic heterocycles. The van der Waals surface area contributed by atoms with Crippen molar-refractivity contribution in [3.63, 3.8) is 0 Å². The normalized spacial score (nSPS) is 10.6. The van der Waals surface area contributed by atoms with Crippen LogP contribution in [0, 0.1) is 0 Å². The zero-order valence-electron chi connectivity index (χ0n) is 15.2. The highest BCUT2D eigenvalue weighted by molar-refractivity contribution is 7.80. The summed E-state index contributed by atoms with van der Waals surface area (Å²) in [5, 5.41) is 10.0. The molecule has 142 valence electrons. The molecule has 8 heteroatoms. The molecule has 3 aromatic rings. The average Bonchev–Trinajstić information content (AvgIpc) is 3.16. The molecule has 0 fully saturated rings. The van der Waals surface area contributed by atoms with Crippen molar-refractivity contribution in [1.82, 2.24) is 15.7 Å². The molecule has 2 aromatic carbocycles. The fraction of sp³-hybridized carbons (Fsp3) is 0.100. The van der Waals surface area contributed by atoms with Gasteiger partial charge in [0.25, 0.3) is 0 Å². The molecule has 0 aliphatic rings. The zero-order chi connectivity index (χ0) is 19.8. The number of rotatable bonds is 6. The molecule has 1 heterocycles. The Morgan fingerprint density at radius 1 is 1.18 bits per heavy atom. The SMILES string of the molecule is CC(=O)N(c1ccccc1)c1nc(/C=N\NC(=S)NCc2ccccc2)cs1. The van der Waals surface area contributed by atoms with Crippen LogP contribution in [0.1, 0.15) is 18.2 Å². The van der Waals surface area contributed by atoms with E-state index in [-0.39, 0.29) is 5.91 Å². The van der Waals surface area contributed by atoms with E-state index in [2.05, 4.69) is 20.8 Å². The maximum Gasteiger partial charge on any atom is 0.230 e. The number of hydrazone groups is 1. The Hall–Kier alpha value is -3.10. The van der Waals surface area contributed by atoms with Crippen molar-refractivity contribution in [2.75, 3.05) is 4.90 Å². The summed E-state index contributed by atoms with van der Waals surface area (Å²) in [6, 6.07) is 19.4. The fourth-order valence-electron chi connectivity index (χ4n) is 2.42. The number of aromatic nitrogens is 1. The van der Waals surface area contributed by atoms with Gasteiger partial charge in [-0.3, -0.25) is 15.1 Å². The monoisotopic (exact) mass is 409 g/mol. The molecule has 0 spiro atoms. The van der Waals surface area contributed by atoms with E-state index in [1.54, 1.807) is 11.1 Å². The predicted octanol–water partition coefficient (Wildman–Crippen LogP) is 3.83. The van der Waals surface area contributed by atoms with Crippen molar-refractivity contribution < 1.29 is 4.79 Å². The summed E-state index contributed by atoms with van der Waals surface area (Å²) in [6.45, 7) is 2.13. The molecule has 0 radical (unpaired) electrons. The van der Waals surface area contributed by atoms with Gasteiger partial charge in [-0.05, 0) is 29.9 Å². The molecule has 0 aliphatic heterocycles. The maximum absolute atomic E-state index is 12.1. The van der Waals surface area contributed by atoms with E-state index in [1.807, 2.05) is 66.0 Å². The third kappa shape index (κ3) is 5.45. The van der Waals surface area contributed by atoms with E-state index in [4.69, 9.17) is 12.2 Å². The second kappa shape index (κ2) is 9.72. The van der Waals surface area contributed by atoms with E-state index in [0.29, 0.717) is 22.5 Å². The van der Waals surface area contributed by atoms with Crippen molar-refractivity contribution in [1.29, 1.82) is 0 Å². The van der Waals surface area contributed by atoms with E-state index in [9.17, 15) is 4.79 Å². The van der Waals surface area contributed by atoms with Crippen LogP contribution in [0.3, 0.4) is 0 Å². The molecule has 0 unspecified atom stereocenters. The Labute approximate surface area is 172 Å². The second-order valence-electron chi connectivity index (χ2n) is 5.78. The summed E-state index contributed by atoms with van der Waals surface area (Å²) < 4.78 is 0. The lowest BCUT2D eigenvalue weighted by Gasteiger charge is -2.17. The third-order valence-electron chi connectivity index (χ3n) is 3.69. The van der Waals surface area contributed by atoms with Crippen LogP contribution in [0.25, 0.3) is 0 Å². The average molecular weight is 410 g/mol. The van der Waals surface area contributed by atoms with Gasteiger partial charge in [-0.15, -0.1) is 11.3 Å². The minimum Gasteiger partial charge on any atom is -0.357 e. The Kier molecular flexibility index (Phi) is 6.83. The van der Waals surface area contributed by atoms with Crippen molar-refractivity contribution in [3.8, 4) is 0 Å². The molecular weight excluding hydrogens is 390 g/mol. The highest BCUT2D eigenvalue weighted by atomic mass is 32.1. The number of amides is 1. The lowest BCUT2D eigenvalue weighted by Crippen LogP contribution is -2.31.